The zero-order valence-electron chi connectivity index (χ0n) is 21.4. The lowest BCUT2D eigenvalue weighted by Gasteiger charge is -2.25. The number of imidazole rings is 2. The van der Waals surface area contributed by atoms with Gasteiger partial charge >= 0.3 is 5.97 Å². The van der Waals surface area contributed by atoms with E-state index in [1.807, 2.05) is 0 Å². The minimum Gasteiger partial charge on any atom is -0.480 e. The fraction of sp³-hybridized carbons (Fsp3) is 0.320. The second-order valence-electron chi connectivity index (χ2n) is 9.05. The van der Waals surface area contributed by atoms with Gasteiger partial charge in [0.05, 0.1) is 25.1 Å². The predicted octanol–water partition coefficient (Wildman–Crippen LogP) is -2.10. The molecule has 4 amide bonds. The van der Waals surface area contributed by atoms with Gasteiger partial charge in [-0.3, -0.25) is 19.2 Å². The Morgan fingerprint density at radius 3 is 1.77 bits per heavy atom. The van der Waals surface area contributed by atoms with Gasteiger partial charge in [0.25, 0.3) is 0 Å². The van der Waals surface area contributed by atoms with E-state index in [4.69, 9.17) is 11.5 Å². The number of carbonyl (C=O) groups excluding carboxylic acids is 4. The zero-order chi connectivity index (χ0) is 29.1. The molecule has 15 heteroatoms. The van der Waals surface area contributed by atoms with Crippen molar-refractivity contribution in [3.8, 4) is 0 Å². The topological polar surface area (TPSA) is 251 Å². The minimum atomic E-state index is -1.32. The first-order valence-corrected chi connectivity index (χ1v) is 12.3. The van der Waals surface area contributed by atoms with Crippen molar-refractivity contribution in [1.29, 1.82) is 0 Å². The molecule has 2 heterocycles. The monoisotopic (exact) mass is 553 g/mol. The molecule has 0 aliphatic heterocycles. The summed E-state index contributed by atoms with van der Waals surface area (Å²) in [4.78, 5) is 75.8. The first kappa shape index (κ1) is 29.5. The molecule has 4 atom stereocenters. The number of carboxylic acid groups (broad SMARTS) is 1. The molecule has 0 aliphatic carbocycles. The van der Waals surface area contributed by atoms with Crippen LogP contribution < -0.4 is 27.4 Å². The maximum atomic E-state index is 13.5. The van der Waals surface area contributed by atoms with Crippen LogP contribution in [0.4, 0.5) is 0 Å². The molecular weight excluding hydrogens is 522 g/mol. The third-order valence-corrected chi connectivity index (χ3v) is 5.88. The van der Waals surface area contributed by atoms with Crippen molar-refractivity contribution in [3.05, 3.63) is 72.3 Å². The Morgan fingerprint density at radius 2 is 1.27 bits per heavy atom. The molecule has 40 heavy (non-hydrogen) atoms. The Balaban J connectivity index is 1.80. The van der Waals surface area contributed by atoms with Crippen molar-refractivity contribution in [3.63, 3.8) is 0 Å². The minimum absolute atomic E-state index is 0.0394. The molecule has 0 bridgehead atoms. The largest absolute Gasteiger partial charge is 0.480 e. The van der Waals surface area contributed by atoms with E-state index < -0.39 is 60.2 Å². The SMILES string of the molecule is NC(=O)CC(N)C(=O)NC(Cc1ccccc1)C(=O)NC(Cc1cnc[nH]1)C(=O)NC(Cc1cnc[nH]1)C(=O)O. The van der Waals surface area contributed by atoms with E-state index in [-0.39, 0.29) is 19.3 Å². The van der Waals surface area contributed by atoms with Crippen LogP contribution in [-0.4, -0.2) is 78.8 Å². The van der Waals surface area contributed by atoms with Crippen LogP contribution in [0.25, 0.3) is 0 Å². The molecule has 0 saturated carbocycles. The Hall–Kier alpha value is -5.05. The third kappa shape index (κ3) is 9.05. The molecule has 0 radical (unpaired) electrons. The number of carboxylic acids is 1. The van der Waals surface area contributed by atoms with Gasteiger partial charge in [-0.2, -0.15) is 0 Å². The summed E-state index contributed by atoms with van der Waals surface area (Å²) < 4.78 is 0. The van der Waals surface area contributed by atoms with Gasteiger partial charge in [-0.1, -0.05) is 30.3 Å². The molecule has 3 aromatic rings. The van der Waals surface area contributed by atoms with Gasteiger partial charge in [0, 0.05) is 43.0 Å². The summed E-state index contributed by atoms with van der Waals surface area (Å²) in [6.45, 7) is 0. The van der Waals surface area contributed by atoms with Crippen LogP contribution in [0.5, 0.6) is 0 Å². The first-order valence-electron chi connectivity index (χ1n) is 12.3. The van der Waals surface area contributed by atoms with E-state index in [1.54, 1.807) is 30.3 Å². The smallest absolute Gasteiger partial charge is 0.326 e. The molecule has 0 saturated heterocycles. The number of benzene rings is 1. The van der Waals surface area contributed by atoms with Gasteiger partial charge in [0.1, 0.15) is 18.1 Å². The highest BCUT2D eigenvalue weighted by atomic mass is 16.4. The lowest BCUT2D eigenvalue weighted by atomic mass is 10.0. The highest BCUT2D eigenvalue weighted by molar-refractivity contribution is 5.95. The molecule has 0 spiro atoms. The summed E-state index contributed by atoms with van der Waals surface area (Å²) in [5.41, 5.74) is 12.6. The number of aromatic amines is 2. The molecule has 1 aromatic carbocycles. The molecule has 0 fully saturated rings. The van der Waals surface area contributed by atoms with Crippen LogP contribution in [0.2, 0.25) is 0 Å². The van der Waals surface area contributed by atoms with Gasteiger partial charge in [-0.15, -0.1) is 0 Å². The van der Waals surface area contributed by atoms with Crippen LogP contribution in [-0.2, 0) is 43.2 Å². The Kier molecular flexibility index (Phi) is 10.5. The number of rotatable bonds is 15. The van der Waals surface area contributed by atoms with Gasteiger partial charge < -0.3 is 42.5 Å². The van der Waals surface area contributed by atoms with Crippen LogP contribution in [0.1, 0.15) is 23.4 Å². The average Bonchev–Trinajstić information content (AvgIpc) is 3.62. The highest BCUT2D eigenvalue weighted by Gasteiger charge is 2.31. The Bertz CT molecular complexity index is 1280. The van der Waals surface area contributed by atoms with Crippen molar-refractivity contribution in [2.45, 2.75) is 49.9 Å². The molecule has 10 N–H and O–H groups in total. The second kappa shape index (κ2) is 14.2. The molecule has 3 rings (SSSR count). The molecule has 0 aliphatic rings. The number of aliphatic carboxylic acids is 1. The second-order valence-corrected chi connectivity index (χ2v) is 9.05. The fourth-order valence-corrected chi connectivity index (χ4v) is 3.83. The maximum Gasteiger partial charge on any atom is 0.326 e. The van der Waals surface area contributed by atoms with Crippen molar-refractivity contribution < 1.29 is 29.1 Å². The van der Waals surface area contributed by atoms with E-state index in [9.17, 15) is 29.1 Å². The average molecular weight is 554 g/mol. The number of hydrogen-bond donors (Lipinski definition) is 8. The molecule has 15 nitrogen and oxygen atoms in total. The van der Waals surface area contributed by atoms with Gasteiger partial charge in [0.15, 0.2) is 0 Å². The number of nitrogens with one attached hydrogen (secondary N) is 5. The standard InChI is InChI=1S/C25H31N9O6/c26-17(9-21(27)35)22(36)32-18(6-14-4-2-1-3-5-14)23(37)33-19(7-15-10-28-12-30-15)24(38)34-20(25(39)40)8-16-11-29-13-31-16/h1-5,10-13,17-20H,6-9,26H2,(H2,27,35)(H,28,30)(H,29,31)(H,32,36)(H,33,37)(H,34,38)(H,39,40). The number of nitrogens with two attached hydrogens (primary N) is 2. The number of hydrogen-bond acceptors (Lipinski definition) is 8. The summed E-state index contributed by atoms with van der Waals surface area (Å²) in [6, 6.07) is 3.75. The van der Waals surface area contributed by atoms with Crippen molar-refractivity contribution in [2.24, 2.45) is 11.5 Å². The van der Waals surface area contributed by atoms with Gasteiger partial charge in [-0.05, 0) is 5.56 Å². The maximum absolute atomic E-state index is 13.5. The molecule has 2 aromatic heterocycles. The van der Waals surface area contributed by atoms with E-state index in [1.165, 1.54) is 25.0 Å². The Morgan fingerprint density at radius 1 is 0.775 bits per heavy atom. The summed E-state index contributed by atoms with van der Waals surface area (Å²) in [6.07, 6.45) is 5.15. The molecule has 4 unspecified atom stereocenters. The lowest BCUT2D eigenvalue weighted by molar-refractivity contribution is -0.142. The number of H-pyrrole nitrogens is 2. The van der Waals surface area contributed by atoms with E-state index in [2.05, 4.69) is 35.9 Å². The van der Waals surface area contributed by atoms with Crippen LogP contribution in [0.3, 0.4) is 0 Å². The van der Waals surface area contributed by atoms with Crippen LogP contribution in [0.15, 0.2) is 55.4 Å². The number of nitrogens with zero attached hydrogens (tertiary/aromatic N) is 2. The number of carbonyl (C=O) groups is 5. The van der Waals surface area contributed by atoms with Crippen molar-refractivity contribution >= 4 is 29.6 Å². The first-order chi connectivity index (χ1) is 19.1. The quantitative estimate of drug-likeness (QED) is 0.102. The van der Waals surface area contributed by atoms with E-state index in [0.29, 0.717) is 17.0 Å². The van der Waals surface area contributed by atoms with Crippen molar-refractivity contribution in [2.75, 3.05) is 0 Å². The summed E-state index contributed by atoms with van der Waals surface area (Å²) in [7, 11) is 0. The summed E-state index contributed by atoms with van der Waals surface area (Å²) >= 11 is 0. The highest BCUT2D eigenvalue weighted by Crippen LogP contribution is 2.07. The lowest BCUT2D eigenvalue weighted by Crippen LogP contribution is -2.58. The van der Waals surface area contributed by atoms with E-state index >= 15 is 0 Å². The van der Waals surface area contributed by atoms with Crippen LogP contribution >= 0.6 is 0 Å². The summed E-state index contributed by atoms with van der Waals surface area (Å²) in [5.74, 6) is -4.36. The number of primary amides is 1. The van der Waals surface area contributed by atoms with Crippen LogP contribution in [0, 0.1) is 0 Å². The number of amides is 4. The molecule has 212 valence electrons. The predicted molar refractivity (Wildman–Crippen MR) is 140 cm³/mol. The van der Waals surface area contributed by atoms with Gasteiger partial charge in [-0.25, -0.2) is 14.8 Å². The van der Waals surface area contributed by atoms with Gasteiger partial charge in [0.2, 0.25) is 23.6 Å². The number of aromatic nitrogens is 4. The normalized spacial score (nSPS) is 13.8. The summed E-state index contributed by atoms with van der Waals surface area (Å²) in [5, 5.41) is 17.2. The van der Waals surface area contributed by atoms with Crippen molar-refractivity contribution in [1.82, 2.24) is 35.9 Å². The zero-order valence-corrected chi connectivity index (χ0v) is 21.4. The fourth-order valence-electron chi connectivity index (χ4n) is 3.83. The third-order valence-electron chi connectivity index (χ3n) is 5.88. The molecular formula is C25H31N9O6. The Labute approximate surface area is 228 Å². The van der Waals surface area contributed by atoms with E-state index in [0.717, 1.165) is 0 Å².